The Morgan fingerprint density at radius 2 is 1.70 bits per heavy atom. The number of carbonyl (C=O) groups is 1. The fourth-order valence-electron chi connectivity index (χ4n) is 2.61. The molecule has 146 valence electrons. The fourth-order valence-corrected chi connectivity index (χ4v) is 3.34. The van der Waals surface area contributed by atoms with Gasteiger partial charge >= 0.3 is 6.09 Å². The van der Waals surface area contributed by atoms with Gasteiger partial charge in [0.15, 0.2) is 0 Å². The topological polar surface area (TPSA) is 92.7 Å². The Hall–Kier alpha value is -2.38. The first-order valence-electron chi connectivity index (χ1n) is 8.60. The number of hydrogen-bond acceptors (Lipinski definition) is 4. The lowest BCUT2D eigenvalue weighted by Crippen LogP contribution is -2.27. The molecule has 7 heteroatoms. The van der Waals surface area contributed by atoms with Gasteiger partial charge in [0, 0.05) is 5.69 Å². The zero-order valence-electron chi connectivity index (χ0n) is 15.9. The van der Waals surface area contributed by atoms with Crippen molar-refractivity contribution in [1.82, 2.24) is 0 Å². The van der Waals surface area contributed by atoms with E-state index in [1.807, 2.05) is 19.1 Å². The second kappa shape index (κ2) is 8.10. The molecule has 0 fully saturated rings. The van der Waals surface area contributed by atoms with Crippen LogP contribution in [0.2, 0.25) is 0 Å². The van der Waals surface area contributed by atoms with Crippen molar-refractivity contribution in [2.24, 2.45) is 0 Å². The highest BCUT2D eigenvalue weighted by molar-refractivity contribution is 7.85. The van der Waals surface area contributed by atoms with Crippen molar-refractivity contribution in [2.45, 2.75) is 51.0 Å². The third-order valence-electron chi connectivity index (χ3n) is 3.78. The molecule has 2 rings (SSSR count). The summed E-state index contributed by atoms with van der Waals surface area (Å²) >= 11 is 0. The summed E-state index contributed by atoms with van der Waals surface area (Å²) < 4.78 is 37.6. The first kappa shape index (κ1) is 20.9. The fraction of sp³-hybridized carbons (Fsp3) is 0.350. The van der Waals surface area contributed by atoms with E-state index < -0.39 is 21.8 Å². The van der Waals surface area contributed by atoms with Crippen molar-refractivity contribution in [3.8, 4) is 0 Å². The van der Waals surface area contributed by atoms with E-state index >= 15 is 0 Å². The molecule has 0 saturated heterocycles. The highest BCUT2D eigenvalue weighted by Crippen LogP contribution is 2.20. The molecule has 0 aliphatic carbocycles. The number of hydrogen-bond donors (Lipinski definition) is 2. The number of anilines is 1. The van der Waals surface area contributed by atoms with Gasteiger partial charge in [-0.05, 0) is 69.9 Å². The van der Waals surface area contributed by atoms with Crippen molar-refractivity contribution in [3.05, 3.63) is 59.2 Å². The van der Waals surface area contributed by atoms with Crippen molar-refractivity contribution in [3.63, 3.8) is 0 Å². The second-order valence-corrected chi connectivity index (χ2v) is 8.80. The number of rotatable bonds is 5. The van der Waals surface area contributed by atoms with Crippen LogP contribution >= 0.6 is 0 Å². The van der Waals surface area contributed by atoms with Crippen LogP contribution in [0, 0.1) is 6.92 Å². The van der Waals surface area contributed by atoms with E-state index in [9.17, 15) is 17.8 Å². The Morgan fingerprint density at radius 1 is 1.07 bits per heavy atom. The highest BCUT2D eigenvalue weighted by atomic mass is 32.2. The van der Waals surface area contributed by atoms with E-state index in [2.05, 4.69) is 5.32 Å². The molecule has 0 heterocycles. The van der Waals surface area contributed by atoms with Crippen molar-refractivity contribution in [1.29, 1.82) is 0 Å². The summed E-state index contributed by atoms with van der Waals surface area (Å²) in [5.41, 5.74) is 2.53. The minimum absolute atomic E-state index is 0.0590. The quantitative estimate of drug-likeness (QED) is 0.738. The summed E-state index contributed by atoms with van der Waals surface area (Å²) in [7, 11) is -4.25. The number of carbonyl (C=O) groups excluding carboxylic acids is 1. The van der Waals surface area contributed by atoms with E-state index in [0.29, 0.717) is 24.1 Å². The van der Waals surface area contributed by atoms with Crippen LogP contribution in [0.15, 0.2) is 47.4 Å². The van der Waals surface area contributed by atoms with E-state index in [1.54, 1.807) is 45.0 Å². The summed E-state index contributed by atoms with van der Waals surface area (Å²) in [6.45, 7) is 7.25. The zero-order chi connectivity index (χ0) is 20.2. The minimum Gasteiger partial charge on any atom is -0.444 e. The summed E-state index contributed by atoms with van der Waals surface area (Å²) in [5, 5.41) is 2.66. The van der Waals surface area contributed by atoms with Gasteiger partial charge < -0.3 is 4.74 Å². The van der Waals surface area contributed by atoms with Crippen LogP contribution in [0.5, 0.6) is 0 Å². The first-order chi connectivity index (χ1) is 12.4. The monoisotopic (exact) mass is 391 g/mol. The smallest absolute Gasteiger partial charge is 0.412 e. The van der Waals surface area contributed by atoms with Crippen LogP contribution in [0.1, 0.15) is 37.5 Å². The molecular formula is C20H25NO5S. The number of nitrogens with one attached hydrogen (secondary N) is 1. The summed E-state index contributed by atoms with van der Waals surface area (Å²) in [4.78, 5) is 11.7. The van der Waals surface area contributed by atoms with Gasteiger partial charge in [-0.2, -0.15) is 8.42 Å². The van der Waals surface area contributed by atoms with Crippen LogP contribution in [-0.2, 0) is 27.7 Å². The molecule has 0 bridgehead atoms. The molecule has 0 saturated carbocycles. The lowest BCUT2D eigenvalue weighted by molar-refractivity contribution is 0.0636. The van der Waals surface area contributed by atoms with Crippen molar-refractivity contribution < 1.29 is 22.5 Å². The molecular weight excluding hydrogens is 366 g/mol. The van der Waals surface area contributed by atoms with E-state index in [4.69, 9.17) is 4.74 Å². The first-order valence-corrected chi connectivity index (χ1v) is 10.0. The van der Waals surface area contributed by atoms with Gasteiger partial charge in [-0.15, -0.1) is 0 Å². The van der Waals surface area contributed by atoms with E-state index in [0.717, 1.165) is 11.1 Å². The number of amides is 1. The lowest BCUT2D eigenvalue weighted by Gasteiger charge is -2.19. The van der Waals surface area contributed by atoms with Crippen LogP contribution in [0.3, 0.4) is 0 Å². The number of aryl methyl sites for hydroxylation is 3. The molecule has 0 spiro atoms. The molecule has 27 heavy (non-hydrogen) atoms. The molecule has 0 aliphatic rings. The zero-order valence-corrected chi connectivity index (χ0v) is 16.8. The van der Waals surface area contributed by atoms with Gasteiger partial charge in [-0.25, -0.2) is 4.79 Å². The molecule has 1 amide bonds. The Morgan fingerprint density at radius 3 is 2.26 bits per heavy atom. The van der Waals surface area contributed by atoms with Crippen molar-refractivity contribution in [2.75, 3.05) is 5.32 Å². The van der Waals surface area contributed by atoms with Crippen LogP contribution in [0.4, 0.5) is 10.5 Å². The minimum atomic E-state index is -4.25. The van der Waals surface area contributed by atoms with Gasteiger partial charge in [0.2, 0.25) is 0 Å². The van der Waals surface area contributed by atoms with Gasteiger partial charge in [0.25, 0.3) is 10.1 Å². The maximum absolute atomic E-state index is 11.8. The normalized spacial score (nSPS) is 11.9. The van der Waals surface area contributed by atoms with Gasteiger partial charge in [0.05, 0.1) is 4.90 Å². The van der Waals surface area contributed by atoms with Crippen LogP contribution in [-0.4, -0.2) is 24.7 Å². The molecule has 0 unspecified atom stereocenters. The number of benzene rings is 2. The average Bonchev–Trinajstić information content (AvgIpc) is 2.51. The maximum atomic E-state index is 11.8. The molecule has 0 aliphatic heterocycles. The summed E-state index contributed by atoms with van der Waals surface area (Å²) in [6.07, 6.45) is 0.543. The summed E-state index contributed by atoms with van der Waals surface area (Å²) in [6, 6.07) is 12.1. The molecule has 0 aromatic heterocycles. The molecule has 2 aromatic rings. The average molecular weight is 391 g/mol. The van der Waals surface area contributed by atoms with Gasteiger partial charge in [-0.1, -0.05) is 29.8 Å². The predicted octanol–water partition coefficient (Wildman–Crippen LogP) is 4.37. The van der Waals surface area contributed by atoms with E-state index in [-0.39, 0.29) is 4.90 Å². The second-order valence-electron chi connectivity index (χ2n) is 7.41. The maximum Gasteiger partial charge on any atom is 0.412 e. The van der Waals surface area contributed by atoms with Crippen molar-refractivity contribution >= 4 is 21.9 Å². The molecule has 2 N–H and O–H groups in total. The molecule has 2 aromatic carbocycles. The largest absolute Gasteiger partial charge is 0.444 e. The van der Waals surface area contributed by atoms with Gasteiger partial charge in [0.1, 0.15) is 5.60 Å². The van der Waals surface area contributed by atoms with Crippen LogP contribution in [0.25, 0.3) is 0 Å². The standard InChI is InChI=1S/C20H25NO5S/c1-14-5-12-18(27(23,24)25)16(13-14)9-6-15-7-10-17(11-8-15)21-19(22)26-20(2,3)4/h5,7-8,10-13H,6,9H2,1-4H3,(H,21,22)(H,23,24,25). The molecule has 0 atom stereocenters. The Labute approximate surface area is 160 Å². The van der Waals surface area contributed by atoms with Crippen LogP contribution < -0.4 is 5.32 Å². The SMILES string of the molecule is Cc1ccc(S(=O)(=O)O)c(CCc2ccc(NC(=O)OC(C)(C)C)cc2)c1. The lowest BCUT2D eigenvalue weighted by atomic mass is 10.0. The summed E-state index contributed by atoms with van der Waals surface area (Å²) in [5.74, 6) is 0. The third kappa shape index (κ3) is 6.69. The third-order valence-corrected chi connectivity index (χ3v) is 4.73. The van der Waals surface area contributed by atoms with E-state index in [1.165, 1.54) is 6.07 Å². The predicted molar refractivity (Wildman–Crippen MR) is 105 cm³/mol. The highest BCUT2D eigenvalue weighted by Gasteiger charge is 2.17. The Balaban J connectivity index is 2.04. The van der Waals surface area contributed by atoms with Gasteiger partial charge in [-0.3, -0.25) is 9.87 Å². The Kier molecular flexibility index (Phi) is 6.28. The Bertz CT molecular complexity index is 912. The number of ether oxygens (including phenoxy) is 1. The molecule has 0 radical (unpaired) electrons. The molecule has 6 nitrogen and oxygen atoms in total.